The highest BCUT2D eigenvalue weighted by Gasteiger charge is 2.27. The van der Waals surface area contributed by atoms with E-state index in [4.69, 9.17) is 11.6 Å². The molecule has 0 unspecified atom stereocenters. The van der Waals surface area contributed by atoms with Gasteiger partial charge in [0.15, 0.2) is 5.82 Å². The summed E-state index contributed by atoms with van der Waals surface area (Å²) in [5.74, 6) is 2.40. The van der Waals surface area contributed by atoms with Crippen LogP contribution in [-0.2, 0) is 13.1 Å². The Balaban J connectivity index is 1.36. The molecule has 0 saturated heterocycles. The van der Waals surface area contributed by atoms with Crippen LogP contribution in [0.5, 0.6) is 0 Å². The Morgan fingerprint density at radius 3 is 2.77 bits per heavy atom. The highest BCUT2D eigenvalue weighted by molar-refractivity contribution is 6.30. The van der Waals surface area contributed by atoms with Gasteiger partial charge in [-0.25, -0.2) is 0 Å². The van der Waals surface area contributed by atoms with Crippen molar-refractivity contribution in [2.75, 3.05) is 0 Å². The molecule has 0 amide bonds. The Hall–Kier alpha value is -2.95. The van der Waals surface area contributed by atoms with Crippen molar-refractivity contribution < 1.29 is 0 Å². The first-order valence-corrected chi connectivity index (χ1v) is 11.3. The third-order valence-corrected chi connectivity index (χ3v) is 6.78. The van der Waals surface area contributed by atoms with Gasteiger partial charge in [0.2, 0.25) is 0 Å². The minimum atomic E-state index is 0.363. The van der Waals surface area contributed by atoms with E-state index in [1.165, 1.54) is 27.5 Å². The predicted molar refractivity (Wildman–Crippen MR) is 125 cm³/mol. The minimum Gasteiger partial charge on any atom is -0.306 e. The van der Waals surface area contributed by atoms with Crippen molar-refractivity contribution in [3.05, 3.63) is 94.5 Å². The Kier molecular flexibility index (Phi) is 4.62. The number of fused-ring (bicyclic) bond motifs is 4. The van der Waals surface area contributed by atoms with E-state index in [-0.39, 0.29) is 0 Å². The second-order valence-corrected chi connectivity index (χ2v) is 8.85. The van der Waals surface area contributed by atoms with Gasteiger partial charge < -0.3 is 5.32 Å². The predicted octanol–water partition coefficient (Wildman–Crippen LogP) is 6.03. The van der Waals surface area contributed by atoms with E-state index < -0.39 is 0 Å². The van der Waals surface area contributed by atoms with Crippen LogP contribution in [0, 0.1) is 0 Å². The van der Waals surface area contributed by atoms with Crippen molar-refractivity contribution in [3.8, 4) is 5.69 Å². The lowest BCUT2D eigenvalue weighted by molar-refractivity contribution is 0.576. The van der Waals surface area contributed by atoms with Gasteiger partial charge in [-0.2, -0.15) is 0 Å². The fourth-order valence-corrected chi connectivity index (χ4v) is 5.21. The summed E-state index contributed by atoms with van der Waals surface area (Å²) in [4.78, 5) is 0. The molecular weight excluding hydrogens is 404 g/mol. The molecule has 1 aliphatic carbocycles. The summed E-state index contributed by atoms with van der Waals surface area (Å²) in [7, 11) is 0. The van der Waals surface area contributed by atoms with Gasteiger partial charge in [-0.1, -0.05) is 60.1 Å². The topological polar surface area (TPSA) is 42.7 Å². The molecule has 0 radical (unpaired) electrons. The van der Waals surface area contributed by atoms with Crippen LogP contribution in [-0.4, -0.2) is 14.8 Å². The summed E-state index contributed by atoms with van der Waals surface area (Å²) in [5.41, 5.74) is 5.14. The average molecular weight is 427 g/mol. The van der Waals surface area contributed by atoms with E-state index in [2.05, 4.69) is 74.7 Å². The molecule has 2 heterocycles. The lowest BCUT2D eigenvalue weighted by Crippen LogP contribution is -2.13. The van der Waals surface area contributed by atoms with Crippen molar-refractivity contribution >= 4 is 27.9 Å². The first kappa shape index (κ1) is 18.8. The van der Waals surface area contributed by atoms with Crippen LogP contribution in [0.3, 0.4) is 0 Å². The average Bonchev–Trinajstić information content (AvgIpc) is 3.14. The molecule has 4 nitrogen and oxygen atoms in total. The van der Waals surface area contributed by atoms with Gasteiger partial charge in [0.05, 0.1) is 12.2 Å². The van der Waals surface area contributed by atoms with E-state index >= 15 is 0 Å². The summed E-state index contributed by atoms with van der Waals surface area (Å²) in [6.07, 6.45) is 5.51. The number of benzene rings is 3. The second kappa shape index (κ2) is 7.63. The SMILES string of the molecule is Clc1ccc2c(c1)CNCc1nnc([C@@H]3CC=C(c4cccc5ccccc45)CC3)n1-2. The van der Waals surface area contributed by atoms with Crippen molar-refractivity contribution in [3.63, 3.8) is 0 Å². The number of nitrogens with one attached hydrogen (secondary N) is 1. The summed E-state index contributed by atoms with van der Waals surface area (Å²) in [6, 6.07) is 21.4. The normalized spacial score (nSPS) is 18.2. The van der Waals surface area contributed by atoms with E-state index in [9.17, 15) is 0 Å². The zero-order valence-corrected chi connectivity index (χ0v) is 17.9. The van der Waals surface area contributed by atoms with E-state index in [1.54, 1.807) is 0 Å². The number of aromatic nitrogens is 3. The first-order chi connectivity index (χ1) is 15.3. The third kappa shape index (κ3) is 3.27. The van der Waals surface area contributed by atoms with Gasteiger partial charge in [-0.05, 0) is 64.9 Å². The first-order valence-electron chi connectivity index (χ1n) is 10.9. The zero-order chi connectivity index (χ0) is 20.8. The molecule has 0 fully saturated rings. The number of halogens is 1. The standard InChI is InChI=1S/C26H23ClN4/c27-21-12-13-24-20(14-21)15-28-16-25-29-30-26(31(24)25)19-10-8-18(9-11-19)23-7-3-5-17-4-1-2-6-22(17)23/h1-8,12-14,19,28H,9-11,15-16H2/t19-/m1/s1. The second-order valence-electron chi connectivity index (χ2n) is 8.41. The third-order valence-electron chi connectivity index (χ3n) is 6.55. The maximum absolute atomic E-state index is 6.26. The quantitative estimate of drug-likeness (QED) is 0.425. The number of hydrogen-bond donors (Lipinski definition) is 1. The van der Waals surface area contributed by atoms with Crippen molar-refractivity contribution in [1.29, 1.82) is 0 Å². The van der Waals surface area contributed by atoms with E-state index in [1.807, 2.05) is 12.1 Å². The number of rotatable bonds is 2. The molecule has 0 spiro atoms. The fraction of sp³-hybridized carbons (Fsp3) is 0.231. The van der Waals surface area contributed by atoms with Gasteiger partial charge in [0, 0.05) is 17.5 Å². The van der Waals surface area contributed by atoms with Crippen LogP contribution in [0.1, 0.15) is 48.0 Å². The molecule has 31 heavy (non-hydrogen) atoms. The maximum Gasteiger partial charge on any atom is 0.151 e. The van der Waals surface area contributed by atoms with Crippen LogP contribution in [0.2, 0.25) is 5.02 Å². The molecule has 2 aliphatic rings. The fourth-order valence-electron chi connectivity index (χ4n) is 5.01. The molecule has 1 atom stereocenters. The summed E-state index contributed by atoms with van der Waals surface area (Å²) < 4.78 is 2.26. The minimum absolute atomic E-state index is 0.363. The molecule has 154 valence electrons. The van der Waals surface area contributed by atoms with E-state index in [0.29, 0.717) is 12.5 Å². The van der Waals surface area contributed by atoms with Crippen molar-refractivity contribution in [2.45, 2.75) is 38.3 Å². The summed E-state index contributed by atoms with van der Waals surface area (Å²) in [5, 5.41) is 16.0. The van der Waals surface area contributed by atoms with Gasteiger partial charge in [0.1, 0.15) is 5.82 Å². The highest BCUT2D eigenvalue weighted by atomic mass is 35.5. The van der Waals surface area contributed by atoms with E-state index in [0.717, 1.165) is 48.2 Å². The number of hydrogen-bond acceptors (Lipinski definition) is 3. The van der Waals surface area contributed by atoms with Crippen LogP contribution in [0.15, 0.2) is 66.7 Å². The molecule has 5 heteroatoms. The molecule has 1 aliphatic heterocycles. The molecule has 1 N–H and O–H groups in total. The molecule has 6 rings (SSSR count). The number of allylic oxidation sites excluding steroid dienone is 2. The highest BCUT2D eigenvalue weighted by Crippen LogP contribution is 2.39. The summed E-state index contributed by atoms with van der Waals surface area (Å²) >= 11 is 6.26. The van der Waals surface area contributed by atoms with Gasteiger partial charge in [-0.3, -0.25) is 4.57 Å². The van der Waals surface area contributed by atoms with Gasteiger partial charge in [-0.15, -0.1) is 10.2 Å². The molecule has 0 bridgehead atoms. The Labute approximate surface area is 186 Å². The monoisotopic (exact) mass is 426 g/mol. The molecule has 0 saturated carbocycles. The maximum atomic E-state index is 6.26. The van der Waals surface area contributed by atoms with Gasteiger partial charge >= 0.3 is 0 Å². The van der Waals surface area contributed by atoms with Crippen molar-refractivity contribution in [1.82, 2.24) is 20.1 Å². The Morgan fingerprint density at radius 1 is 0.968 bits per heavy atom. The smallest absolute Gasteiger partial charge is 0.151 e. The van der Waals surface area contributed by atoms with Crippen LogP contribution < -0.4 is 5.32 Å². The largest absolute Gasteiger partial charge is 0.306 e. The lowest BCUT2D eigenvalue weighted by atomic mass is 9.84. The van der Waals surface area contributed by atoms with Crippen molar-refractivity contribution in [2.24, 2.45) is 0 Å². The lowest BCUT2D eigenvalue weighted by Gasteiger charge is -2.23. The van der Waals surface area contributed by atoms with Crippen LogP contribution in [0.25, 0.3) is 22.0 Å². The Morgan fingerprint density at radius 2 is 1.87 bits per heavy atom. The van der Waals surface area contributed by atoms with Crippen LogP contribution in [0.4, 0.5) is 0 Å². The molecule has 3 aromatic carbocycles. The molecule has 1 aromatic heterocycles. The zero-order valence-electron chi connectivity index (χ0n) is 17.2. The molecule has 4 aromatic rings. The number of nitrogens with zero attached hydrogens (tertiary/aromatic N) is 3. The summed E-state index contributed by atoms with van der Waals surface area (Å²) in [6.45, 7) is 1.50. The Bertz CT molecular complexity index is 1310. The van der Waals surface area contributed by atoms with Gasteiger partial charge in [0.25, 0.3) is 0 Å². The molecular formula is C26H23ClN4. The van der Waals surface area contributed by atoms with Crippen LogP contribution >= 0.6 is 11.6 Å².